The summed E-state index contributed by atoms with van der Waals surface area (Å²) in [5.74, 6) is -0.102. The summed E-state index contributed by atoms with van der Waals surface area (Å²) in [6.45, 7) is 7.70. The van der Waals surface area contributed by atoms with Gasteiger partial charge in [0.1, 0.15) is 0 Å². The molecule has 0 bridgehead atoms. The highest BCUT2D eigenvalue weighted by Crippen LogP contribution is 2.29. The van der Waals surface area contributed by atoms with Gasteiger partial charge in [-0.3, -0.25) is 4.79 Å². The Kier molecular flexibility index (Phi) is 3.93. The summed E-state index contributed by atoms with van der Waals surface area (Å²) in [7, 11) is 1.45. The summed E-state index contributed by atoms with van der Waals surface area (Å²) in [5, 5.41) is 0. The smallest absolute Gasteiger partial charge is 0.306 e. The second kappa shape index (κ2) is 4.78. The Balaban J connectivity index is 2.19. The third kappa shape index (κ3) is 3.66. The van der Waals surface area contributed by atoms with Crippen LogP contribution in [0.3, 0.4) is 0 Å². The lowest BCUT2D eigenvalue weighted by Crippen LogP contribution is -2.38. The Morgan fingerprint density at radius 2 is 1.93 bits per heavy atom. The molecule has 1 fully saturated rings. The number of carbonyl (C=O) groups excluding carboxylic acids is 1. The lowest BCUT2D eigenvalue weighted by molar-refractivity contribution is -0.141. The summed E-state index contributed by atoms with van der Waals surface area (Å²) in [4.78, 5) is 13.3. The lowest BCUT2D eigenvalue weighted by atomic mass is 9.83. The minimum absolute atomic E-state index is 0.102. The molecule has 1 heterocycles. The molecule has 3 heteroatoms. The zero-order chi connectivity index (χ0) is 10.6. The SMILES string of the molecule is COC(=O)CCN1CCC(C)(C)CC1. The van der Waals surface area contributed by atoms with Crippen LogP contribution in [0.1, 0.15) is 33.1 Å². The molecule has 0 aromatic carbocycles. The van der Waals surface area contributed by atoms with Gasteiger partial charge in [0.2, 0.25) is 0 Å². The van der Waals surface area contributed by atoms with Crippen LogP contribution in [0.25, 0.3) is 0 Å². The molecule has 82 valence electrons. The Hall–Kier alpha value is -0.570. The highest BCUT2D eigenvalue weighted by atomic mass is 16.5. The molecule has 0 N–H and O–H groups in total. The molecule has 1 saturated heterocycles. The first-order chi connectivity index (χ1) is 6.53. The molecule has 0 amide bonds. The maximum absolute atomic E-state index is 10.9. The molecular weight excluding hydrogens is 178 g/mol. The van der Waals surface area contributed by atoms with Gasteiger partial charge in [-0.2, -0.15) is 0 Å². The number of nitrogens with zero attached hydrogens (tertiary/aromatic N) is 1. The minimum Gasteiger partial charge on any atom is -0.469 e. The highest BCUT2D eigenvalue weighted by Gasteiger charge is 2.25. The predicted octanol–water partition coefficient (Wildman–Crippen LogP) is 1.67. The molecule has 0 aromatic heterocycles. The fourth-order valence-electron chi connectivity index (χ4n) is 1.73. The number of likely N-dealkylation sites (tertiary alicyclic amines) is 1. The van der Waals surface area contributed by atoms with Gasteiger partial charge >= 0.3 is 5.97 Å². The Morgan fingerprint density at radius 3 is 2.43 bits per heavy atom. The molecular formula is C11H21NO2. The third-order valence-corrected chi connectivity index (χ3v) is 3.07. The van der Waals surface area contributed by atoms with E-state index in [4.69, 9.17) is 0 Å². The van der Waals surface area contributed by atoms with Crippen LogP contribution in [0.4, 0.5) is 0 Å². The Labute approximate surface area is 86.4 Å². The van der Waals surface area contributed by atoms with Crippen molar-refractivity contribution in [2.45, 2.75) is 33.1 Å². The molecule has 0 aromatic rings. The molecule has 14 heavy (non-hydrogen) atoms. The van der Waals surface area contributed by atoms with E-state index in [0.29, 0.717) is 11.8 Å². The van der Waals surface area contributed by atoms with Gasteiger partial charge in [0, 0.05) is 6.54 Å². The van der Waals surface area contributed by atoms with Gasteiger partial charge in [0.25, 0.3) is 0 Å². The van der Waals surface area contributed by atoms with E-state index in [0.717, 1.165) is 19.6 Å². The highest BCUT2D eigenvalue weighted by molar-refractivity contribution is 5.69. The van der Waals surface area contributed by atoms with Crippen LogP contribution in [-0.2, 0) is 9.53 Å². The number of hydrogen-bond donors (Lipinski definition) is 0. The van der Waals surface area contributed by atoms with Gasteiger partial charge in [-0.1, -0.05) is 13.8 Å². The quantitative estimate of drug-likeness (QED) is 0.648. The van der Waals surface area contributed by atoms with Crippen molar-refractivity contribution in [3.05, 3.63) is 0 Å². The second-order valence-electron chi connectivity index (χ2n) is 4.83. The standard InChI is InChI=1S/C11H21NO2/c1-11(2)5-8-12(9-6-11)7-4-10(13)14-3/h4-9H2,1-3H3. The molecule has 0 atom stereocenters. The Morgan fingerprint density at radius 1 is 1.36 bits per heavy atom. The second-order valence-corrected chi connectivity index (χ2v) is 4.83. The summed E-state index contributed by atoms with van der Waals surface area (Å²) < 4.78 is 4.62. The maximum atomic E-state index is 10.9. The van der Waals surface area contributed by atoms with E-state index in [2.05, 4.69) is 23.5 Å². The van der Waals surface area contributed by atoms with E-state index in [1.807, 2.05) is 0 Å². The van der Waals surface area contributed by atoms with E-state index in [1.54, 1.807) is 0 Å². The molecule has 0 radical (unpaired) electrons. The normalized spacial score (nSPS) is 21.9. The van der Waals surface area contributed by atoms with Gasteiger partial charge in [-0.05, 0) is 31.3 Å². The molecule has 0 saturated carbocycles. The molecule has 3 nitrogen and oxygen atoms in total. The van der Waals surface area contributed by atoms with Gasteiger partial charge < -0.3 is 9.64 Å². The number of esters is 1. The monoisotopic (exact) mass is 199 g/mol. The number of hydrogen-bond acceptors (Lipinski definition) is 3. The van der Waals surface area contributed by atoms with Crippen LogP contribution in [0.2, 0.25) is 0 Å². The summed E-state index contributed by atoms with van der Waals surface area (Å²) in [5.41, 5.74) is 0.488. The number of rotatable bonds is 3. The number of ether oxygens (including phenoxy) is 1. The van der Waals surface area contributed by atoms with Crippen molar-refractivity contribution in [3.63, 3.8) is 0 Å². The molecule has 0 aliphatic carbocycles. The van der Waals surface area contributed by atoms with Crippen molar-refractivity contribution >= 4 is 5.97 Å². The van der Waals surface area contributed by atoms with Gasteiger partial charge in [0.05, 0.1) is 13.5 Å². The van der Waals surface area contributed by atoms with Gasteiger partial charge in [-0.15, -0.1) is 0 Å². The summed E-state index contributed by atoms with van der Waals surface area (Å²) in [6, 6.07) is 0. The van der Waals surface area contributed by atoms with Crippen LogP contribution in [0.15, 0.2) is 0 Å². The van der Waals surface area contributed by atoms with E-state index < -0.39 is 0 Å². The first-order valence-electron chi connectivity index (χ1n) is 5.33. The fraction of sp³-hybridized carbons (Fsp3) is 0.909. The zero-order valence-electron chi connectivity index (χ0n) is 9.51. The van der Waals surface area contributed by atoms with E-state index >= 15 is 0 Å². The van der Waals surface area contributed by atoms with Crippen LogP contribution < -0.4 is 0 Å². The van der Waals surface area contributed by atoms with Crippen LogP contribution >= 0.6 is 0 Å². The average Bonchev–Trinajstić information content (AvgIpc) is 2.16. The topological polar surface area (TPSA) is 29.5 Å². The first-order valence-corrected chi connectivity index (χ1v) is 5.33. The minimum atomic E-state index is -0.102. The van der Waals surface area contributed by atoms with E-state index in [-0.39, 0.29) is 5.97 Å². The van der Waals surface area contributed by atoms with Gasteiger partial charge in [0.15, 0.2) is 0 Å². The van der Waals surface area contributed by atoms with Crippen molar-refractivity contribution in [1.29, 1.82) is 0 Å². The Bertz CT molecular complexity index is 191. The van der Waals surface area contributed by atoms with Crippen molar-refractivity contribution in [1.82, 2.24) is 4.90 Å². The molecule has 0 spiro atoms. The summed E-state index contributed by atoms with van der Waals surface area (Å²) >= 11 is 0. The largest absolute Gasteiger partial charge is 0.469 e. The lowest BCUT2D eigenvalue weighted by Gasteiger charge is -2.36. The van der Waals surface area contributed by atoms with E-state index in [9.17, 15) is 4.79 Å². The van der Waals surface area contributed by atoms with E-state index in [1.165, 1.54) is 20.0 Å². The molecule has 0 unspecified atom stereocenters. The average molecular weight is 199 g/mol. The number of piperidine rings is 1. The molecule has 1 aliphatic rings. The third-order valence-electron chi connectivity index (χ3n) is 3.07. The summed E-state index contributed by atoms with van der Waals surface area (Å²) in [6.07, 6.45) is 2.99. The molecule has 1 aliphatic heterocycles. The molecule has 1 rings (SSSR count). The van der Waals surface area contributed by atoms with Crippen LogP contribution in [-0.4, -0.2) is 37.6 Å². The zero-order valence-corrected chi connectivity index (χ0v) is 9.51. The predicted molar refractivity (Wildman–Crippen MR) is 56.1 cm³/mol. The first kappa shape index (κ1) is 11.5. The number of methoxy groups -OCH3 is 1. The van der Waals surface area contributed by atoms with Gasteiger partial charge in [-0.25, -0.2) is 0 Å². The van der Waals surface area contributed by atoms with Crippen LogP contribution in [0.5, 0.6) is 0 Å². The van der Waals surface area contributed by atoms with Crippen molar-refractivity contribution < 1.29 is 9.53 Å². The van der Waals surface area contributed by atoms with Crippen molar-refractivity contribution in [2.24, 2.45) is 5.41 Å². The number of carbonyl (C=O) groups is 1. The maximum Gasteiger partial charge on any atom is 0.306 e. The fourth-order valence-corrected chi connectivity index (χ4v) is 1.73. The van der Waals surface area contributed by atoms with Crippen molar-refractivity contribution in [3.8, 4) is 0 Å². The van der Waals surface area contributed by atoms with Crippen LogP contribution in [0, 0.1) is 5.41 Å². The van der Waals surface area contributed by atoms with Crippen molar-refractivity contribution in [2.75, 3.05) is 26.7 Å².